The Morgan fingerprint density at radius 3 is 1.39 bits per heavy atom. The molecule has 0 saturated carbocycles. The molecule has 4 nitrogen and oxygen atoms in total. The van der Waals surface area contributed by atoms with Crippen molar-refractivity contribution in [3.8, 4) is 11.5 Å². The Morgan fingerprint density at radius 1 is 0.484 bits per heavy atom. The highest BCUT2D eigenvalue weighted by atomic mass is 16.5. The van der Waals surface area contributed by atoms with Crippen molar-refractivity contribution in [1.82, 2.24) is 0 Å². The molecule has 0 amide bonds. The molecule has 0 aromatic heterocycles. The van der Waals surface area contributed by atoms with Crippen LogP contribution in [0.4, 0.5) is 0 Å². The summed E-state index contributed by atoms with van der Waals surface area (Å²) in [5, 5.41) is 0. The molecule has 0 heterocycles. The maximum Gasteiger partial charge on any atom is 0.119 e. The molecule has 0 aliphatic carbocycles. The molecule has 0 spiro atoms. The molecule has 0 aliphatic rings. The molecule has 1 aromatic rings. The topological polar surface area (TPSA) is 36.9 Å². The molecular weight excluding hydrogens is 388 g/mol. The van der Waals surface area contributed by atoms with Crippen molar-refractivity contribution >= 4 is 0 Å². The van der Waals surface area contributed by atoms with Gasteiger partial charge in [0.1, 0.15) is 18.1 Å². The van der Waals surface area contributed by atoms with Crippen LogP contribution in [0.25, 0.3) is 0 Å². The number of hydrogen-bond acceptors (Lipinski definition) is 4. The molecule has 0 aliphatic heterocycles. The maximum atomic E-state index is 5.84. The van der Waals surface area contributed by atoms with Gasteiger partial charge in [-0.2, -0.15) is 0 Å². The third kappa shape index (κ3) is 18.1. The van der Waals surface area contributed by atoms with Gasteiger partial charge in [0.2, 0.25) is 0 Å². The molecule has 0 N–H and O–H groups in total. The predicted molar refractivity (Wildman–Crippen MR) is 130 cm³/mol. The average molecular weight is 437 g/mol. The molecule has 0 saturated heterocycles. The Morgan fingerprint density at radius 2 is 0.903 bits per heavy atom. The maximum absolute atomic E-state index is 5.84. The van der Waals surface area contributed by atoms with Crippen molar-refractivity contribution in [3.63, 3.8) is 0 Å². The lowest BCUT2D eigenvalue weighted by atomic mass is 10.0. The summed E-state index contributed by atoms with van der Waals surface area (Å²) in [5.74, 6) is 1.76. The van der Waals surface area contributed by atoms with Crippen LogP contribution in [0.15, 0.2) is 24.3 Å². The van der Waals surface area contributed by atoms with Crippen LogP contribution in [0, 0.1) is 0 Å². The minimum atomic E-state index is 0.545. The second-order valence-electron chi connectivity index (χ2n) is 8.37. The number of unbranched alkanes of at least 4 members (excludes halogenated alkanes) is 13. The lowest BCUT2D eigenvalue weighted by Gasteiger charge is -2.09. The van der Waals surface area contributed by atoms with E-state index < -0.39 is 0 Å². The van der Waals surface area contributed by atoms with Gasteiger partial charge in [0.15, 0.2) is 0 Å². The van der Waals surface area contributed by atoms with E-state index >= 15 is 0 Å². The third-order valence-corrected chi connectivity index (χ3v) is 5.52. The van der Waals surface area contributed by atoms with Crippen LogP contribution in [-0.2, 0) is 9.47 Å². The minimum Gasteiger partial charge on any atom is -0.494 e. The summed E-state index contributed by atoms with van der Waals surface area (Å²) in [7, 11) is 1.67. The van der Waals surface area contributed by atoms with E-state index in [1.807, 2.05) is 24.3 Å². The molecule has 1 aromatic carbocycles. The van der Waals surface area contributed by atoms with Gasteiger partial charge in [0, 0.05) is 7.11 Å². The first-order valence-electron chi connectivity index (χ1n) is 12.8. The van der Waals surface area contributed by atoms with Gasteiger partial charge in [-0.05, 0) is 30.7 Å². The van der Waals surface area contributed by atoms with E-state index in [1.165, 1.54) is 83.5 Å². The molecule has 0 atom stereocenters. The summed E-state index contributed by atoms with van der Waals surface area (Å²) in [6.07, 6.45) is 19.3. The molecule has 180 valence electrons. The van der Waals surface area contributed by atoms with E-state index in [9.17, 15) is 0 Å². The molecule has 0 fully saturated rings. The summed E-state index contributed by atoms with van der Waals surface area (Å²) in [6, 6.07) is 7.86. The fraction of sp³-hybridized carbons (Fsp3) is 0.778. The number of methoxy groups -OCH3 is 1. The third-order valence-electron chi connectivity index (χ3n) is 5.52. The number of ether oxygens (including phenoxy) is 4. The zero-order valence-electron chi connectivity index (χ0n) is 20.4. The van der Waals surface area contributed by atoms with Crippen molar-refractivity contribution in [2.75, 3.05) is 40.1 Å². The second kappa shape index (κ2) is 22.0. The van der Waals surface area contributed by atoms with Crippen LogP contribution in [0.5, 0.6) is 11.5 Å². The average Bonchev–Trinajstić information content (AvgIpc) is 2.79. The molecule has 0 bridgehead atoms. The number of benzene rings is 1. The zero-order valence-corrected chi connectivity index (χ0v) is 20.4. The van der Waals surface area contributed by atoms with Gasteiger partial charge in [-0.25, -0.2) is 0 Å². The summed E-state index contributed by atoms with van der Waals surface area (Å²) in [6.45, 7) is 5.42. The normalized spacial score (nSPS) is 11.0. The molecule has 1 rings (SSSR count). The largest absolute Gasteiger partial charge is 0.494 e. The Balaban J connectivity index is 1.86. The summed E-state index contributed by atoms with van der Waals surface area (Å²) < 4.78 is 21.8. The van der Waals surface area contributed by atoms with Gasteiger partial charge in [-0.15, -0.1) is 0 Å². The minimum absolute atomic E-state index is 0.545. The first-order valence-corrected chi connectivity index (χ1v) is 12.8. The van der Waals surface area contributed by atoms with Gasteiger partial charge >= 0.3 is 0 Å². The van der Waals surface area contributed by atoms with Crippen LogP contribution in [0.2, 0.25) is 0 Å². The van der Waals surface area contributed by atoms with Crippen molar-refractivity contribution in [1.29, 1.82) is 0 Å². The van der Waals surface area contributed by atoms with Crippen molar-refractivity contribution in [2.45, 2.75) is 96.8 Å². The predicted octanol–water partition coefficient (Wildman–Crippen LogP) is 7.59. The molecule has 4 heteroatoms. The Bertz CT molecular complexity index is 475. The van der Waals surface area contributed by atoms with Crippen LogP contribution in [0.1, 0.15) is 96.8 Å². The highest BCUT2D eigenvalue weighted by Gasteiger charge is 1.98. The zero-order chi connectivity index (χ0) is 22.2. The Kier molecular flexibility index (Phi) is 19.7. The van der Waals surface area contributed by atoms with Gasteiger partial charge < -0.3 is 18.9 Å². The fourth-order valence-corrected chi connectivity index (χ4v) is 3.58. The highest BCUT2D eigenvalue weighted by molar-refractivity contribution is 5.31. The molecule has 0 unspecified atom stereocenters. The smallest absolute Gasteiger partial charge is 0.119 e. The lowest BCUT2D eigenvalue weighted by Crippen LogP contribution is -2.09. The van der Waals surface area contributed by atoms with Gasteiger partial charge in [0.25, 0.3) is 0 Å². The Hall–Kier alpha value is -1.26. The first kappa shape index (κ1) is 27.8. The van der Waals surface area contributed by atoms with Crippen molar-refractivity contribution in [3.05, 3.63) is 24.3 Å². The van der Waals surface area contributed by atoms with Crippen molar-refractivity contribution < 1.29 is 18.9 Å². The molecule has 31 heavy (non-hydrogen) atoms. The van der Waals surface area contributed by atoms with E-state index in [1.54, 1.807) is 7.11 Å². The highest BCUT2D eigenvalue weighted by Crippen LogP contribution is 2.18. The van der Waals surface area contributed by atoms with E-state index in [-0.39, 0.29) is 0 Å². The second-order valence-corrected chi connectivity index (χ2v) is 8.37. The van der Waals surface area contributed by atoms with Crippen LogP contribution >= 0.6 is 0 Å². The summed E-state index contributed by atoms with van der Waals surface area (Å²) >= 11 is 0. The van der Waals surface area contributed by atoms with Crippen LogP contribution < -0.4 is 9.47 Å². The van der Waals surface area contributed by atoms with Gasteiger partial charge in [-0.1, -0.05) is 90.4 Å². The standard InChI is InChI=1S/C27H48O4/c1-3-4-5-6-7-8-9-10-11-12-13-14-15-16-21-30-26-17-19-27(20-18-26)31-25-24-29-23-22-28-2/h17-20H,3-16,21-25H2,1-2H3. The summed E-state index contributed by atoms with van der Waals surface area (Å²) in [4.78, 5) is 0. The SMILES string of the molecule is CCCCCCCCCCCCCCCCOc1ccc(OCCOCCOC)cc1. The molecule has 0 radical (unpaired) electrons. The van der Waals surface area contributed by atoms with E-state index in [0.717, 1.165) is 24.5 Å². The Labute approximate surface area is 192 Å². The lowest BCUT2D eigenvalue weighted by molar-refractivity contribution is 0.0544. The van der Waals surface area contributed by atoms with E-state index in [0.29, 0.717) is 26.4 Å². The molecular formula is C27H48O4. The van der Waals surface area contributed by atoms with E-state index in [4.69, 9.17) is 18.9 Å². The first-order chi connectivity index (χ1) is 15.4. The van der Waals surface area contributed by atoms with Crippen LogP contribution in [-0.4, -0.2) is 40.1 Å². The van der Waals surface area contributed by atoms with Gasteiger partial charge in [0.05, 0.1) is 26.4 Å². The van der Waals surface area contributed by atoms with Gasteiger partial charge in [-0.3, -0.25) is 0 Å². The number of rotatable bonds is 23. The summed E-state index contributed by atoms with van der Waals surface area (Å²) in [5.41, 5.74) is 0. The monoisotopic (exact) mass is 436 g/mol. The van der Waals surface area contributed by atoms with E-state index in [2.05, 4.69) is 6.92 Å². The van der Waals surface area contributed by atoms with Crippen molar-refractivity contribution in [2.24, 2.45) is 0 Å². The van der Waals surface area contributed by atoms with Crippen LogP contribution in [0.3, 0.4) is 0 Å². The quantitative estimate of drug-likeness (QED) is 0.166. The number of hydrogen-bond donors (Lipinski definition) is 0. The fourth-order valence-electron chi connectivity index (χ4n) is 3.58.